The molecule has 0 bridgehead atoms. The number of nitrogens with zero attached hydrogens (tertiary/aromatic N) is 1. The summed E-state index contributed by atoms with van der Waals surface area (Å²) < 4.78 is 5.46. The fraction of sp³-hybridized carbons (Fsp3) is 0.0769. The number of carboxylic acid groups (broad SMARTS) is 1. The minimum Gasteiger partial charge on any atom is -0.478 e. The Hall–Kier alpha value is -2.07. The quantitative estimate of drug-likeness (QED) is 0.920. The van der Waals surface area contributed by atoms with E-state index in [0.717, 1.165) is 5.56 Å². The lowest BCUT2D eigenvalue weighted by Gasteiger charge is -2.07. The molecular formula is C13H10ClNO3. The second-order valence-electron chi connectivity index (χ2n) is 3.73. The molecule has 0 unspecified atom stereocenters. The van der Waals surface area contributed by atoms with Gasteiger partial charge in [0.2, 0.25) is 5.88 Å². The maximum atomic E-state index is 10.7. The molecular weight excluding hydrogens is 254 g/mol. The normalized spacial score (nSPS) is 10.1. The zero-order valence-electron chi connectivity index (χ0n) is 9.55. The van der Waals surface area contributed by atoms with Crippen LogP contribution in [-0.2, 0) is 0 Å². The molecule has 0 spiro atoms. The highest BCUT2D eigenvalue weighted by molar-refractivity contribution is 6.32. The minimum absolute atomic E-state index is 0.109. The SMILES string of the molecule is Cc1ccc(Oc2ccc(C(=O)O)cn2)c(Cl)c1. The third-order valence-corrected chi connectivity index (χ3v) is 2.58. The van der Waals surface area contributed by atoms with Crippen LogP contribution in [0.3, 0.4) is 0 Å². The van der Waals surface area contributed by atoms with Gasteiger partial charge in [0.05, 0.1) is 10.6 Å². The standard InChI is InChI=1S/C13H10ClNO3/c1-8-2-4-11(10(14)6-8)18-12-5-3-9(7-15-12)13(16)17/h2-7H,1H3,(H,16,17). The maximum Gasteiger partial charge on any atom is 0.337 e. The molecule has 18 heavy (non-hydrogen) atoms. The number of benzene rings is 1. The number of aromatic nitrogens is 1. The van der Waals surface area contributed by atoms with E-state index in [0.29, 0.717) is 16.7 Å². The molecule has 0 atom stereocenters. The number of rotatable bonds is 3. The van der Waals surface area contributed by atoms with Crippen LogP contribution in [0, 0.1) is 6.92 Å². The lowest BCUT2D eigenvalue weighted by Crippen LogP contribution is -1.97. The monoisotopic (exact) mass is 263 g/mol. The number of carbonyl (C=O) groups is 1. The smallest absolute Gasteiger partial charge is 0.337 e. The first kappa shape index (κ1) is 12.4. The zero-order valence-corrected chi connectivity index (χ0v) is 10.3. The van der Waals surface area contributed by atoms with Gasteiger partial charge in [-0.15, -0.1) is 0 Å². The van der Waals surface area contributed by atoms with Gasteiger partial charge < -0.3 is 9.84 Å². The Kier molecular flexibility index (Phi) is 3.48. The maximum absolute atomic E-state index is 10.7. The molecule has 0 aliphatic rings. The average molecular weight is 264 g/mol. The van der Waals surface area contributed by atoms with Crippen molar-refractivity contribution in [2.45, 2.75) is 6.92 Å². The Morgan fingerprint density at radius 2 is 2.11 bits per heavy atom. The van der Waals surface area contributed by atoms with Crippen LogP contribution in [0.5, 0.6) is 11.6 Å². The van der Waals surface area contributed by atoms with Gasteiger partial charge in [-0.2, -0.15) is 0 Å². The number of aryl methyl sites for hydroxylation is 1. The summed E-state index contributed by atoms with van der Waals surface area (Å²) in [6.45, 7) is 1.93. The van der Waals surface area contributed by atoms with Crippen LogP contribution in [0.1, 0.15) is 15.9 Å². The predicted octanol–water partition coefficient (Wildman–Crippen LogP) is 3.53. The number of halogens is 1. The molecule has 1 aromatic heterocycles. The Morgan fingerprint density at radius 3 is 2.67 bits per heavy atom. The van der Waals surface area contributed by atoms with Gasteiger partial charge in [-0.05, 0) is 30.7 Å². The molecule has 1 aromatic carbocycles. The molecule has 0 fully saturated rings. The molecule has 2 rings (SSSR count). The summed E-state index contributed by atoms with van der Waals surface area (Å²) in [5, 5.41) is 9.22. The van der Waals surface area contributed by atoms with Crippen molar-refractivity contribution >= 4 is 17.6 Å². The number of hydrogen-bond acceptors (Lipinski definition) is 3. The van der Waals surface area contributed by atoms with Crippen LogP contribution in [0.25, 0.3) is 0 Å². The van der Waals surface area contributed by atoms with Gasteiger partial charge in [0, 0.05) is 12.3 Å². The average Bonchev–Trinajstić information content (AvgIpc) is 2.33. The summed E-state index contributed by atoms with van der Waals surface area (Å²) in [6.07, 6.45) is 1.24. The third-order valence-electron chi connectivity index (χ3n) is 2.29. The molecule has 92 valence electrons. The number of carboxylic acids is 1. The Morgan fingerprint density at radius 1 is 1.33 bits per heavy atom. The van der Waals surface area contributed by atoms with Crippen molar-refractivity contribution in [1.29, 1.82) is 0 Å². The minimum atomic E-state index is -1.03. The summed E-state index contributed by atoms with van der Waals surface area (Å²) in [5.41, 5.74) is 1.14. The van der Waals surface area contributed by atoms with E-state index in [9.17, 15) is 4.79 Å². The summed E-state index contributed by atoms with van der Waals surface area (Å²) in [6, 6.07) is 8.30. The summed E-state index contributed by atoms with van der Waals surface area (Å²) in [4.78, 5) is 14.6. The third kappa shape index (κ3) is 2.78. The molecule has 0 aliphatic carbocycles. The van der Waals surface area contributed by atoms with E-state index in [1.165, 1.54) is 18.3 Å². The van der Waals surface area contributed by atoms with Crippen LogP contribution in [0.2, 0.25) is 5.02 Å². The summed E-state index contributed by atoms with van der Waals surface area (Å²) in [7, 11) is 0. The number of aromatic carboxylic acids is 1. The van der Waals surface area contributed by atoms with Crippen LogP contribution in [-0.4, -0.2) is 16.1 Å². The molecule has 0 aliphatic heterocycles. The predicted molar refractivity (Wildman–Crippen MR) is 67.5 cm³/mol. The van der Waals surface area contributed by atoms with Crippen molar-refractivity contribution < 1.29 is 14.6 Å². The van der Waals surface area contributed by atoms with Gasteiger partial charge >= 0.3 is 5.97 Å². The Bertz CT molecular complexity index is 581. The summed E-state index contributed by atoms with van der Waals surface area (Å²) in [5.74, 6) is -0.244. The summed E-state index contributed by atoms with van der Waals surface area (Å²) >= 11 is 6.01. The highest BCUT2D eigenvalue weighted by Gasteiger charge is 2.06. The highest BCUT2D eigenvalue weighted by atomic mass is 35.5. The first-order chi connectivity index (χ1) is 8.56. The van der Waals surface area contributed by atoms with Crippen molar-refractivity contribution in [3.05, 3.63) is 52.7 Å². The van der Waals surface area contributed by atoms with Gasteiger partial charge in [-0.25, -0.2) is 9.78 Å². The van der Waals surface area contributed by atoms with Crippen LogP contribution >= 0.6 is 11.6 Å². The zero-order chi connectivity index (χ0) is 13.1. The number of pyridine rings is 1. The molecule has 2 aromatic rings. The molecule has 4 nitrogen and oxygen atoms in total. The highest BCUT2D eigenvalue weighted by Crippen LogP contribution is 2.28. The molecule has 1 heterocycles. The molecule has 5 heteroatoms. The second-order valence-corrected chi connectivity index (χ2v) is 4.13. The fourth-order valence-corrected chi connectivity index (χ4v) is 1.64. The van der Waals surface area contributed by atoms with E-state index >= 15 is 0 Å². The van der Waals surface area contributed by atoms with Gasteiger partial charge in [0.1, 0.15) is 5.75 Å². The molecule has 0 saturated carbocycles. The van der Waals surface area contributed by atoms with Gasteiger partial charge in [0.15, 0.2) is 0 Å². The topological polar surface area (TPSA) is 59.4 Å². The van der Waals surface area contributed by atoms with Crippen molar-refractivity contribution in [3.63, 3.8) is 0 Å². The van der Waals surface area contributed by atoms with Gasteiger partial charge in [-0.3, -0.25) is 0 Å². The van der Waals surface area contributed by atoms with E-state index in [1.54, 1.807) is 12.1 Å². The van der Waals surface area contributed by atoms with Crippen LogP contribution < -0.4 is 4.74 Å². The van der Waals surface area contributed by atoms with Crippen molar-refractivity contribution in [1.82, 2.24) is 4.98 Å². The van der Waals surface area contributed by atoms with E-state index < -0.39 is 5.97 Å². The van der Waals surface area contributed by atoms with Crippen LogP contribution in [0.4, 0.5) is 0 Å². The first-order valence-corrected chi connectivity index (χ1v) is 5.57. The molecule has 0 radical (unpaired) electrons. The molecule has 0 saturated heterocycles. The number of hydrogen-bond donors (Lipinski definition) is 1. The van der Waals surface area contributed by atoms with E-state index in [4.69, 9.17) is 21.4 Å². The van der Waals surface area contributed by atoms with Crippen molar-refractivity contribution in [2.75, 3.05) is 0 Å². The van der Waals surface area contributed by atoms with E-state index in [1.807, 2.05) is 13.0 Å². The van der Waals surface area contributed by atoms with Crippen molar-refractivity contribution in [3.8, 4) is 11.6 Å². The van der Waals surface area contributed by atoms with Crippen molar-refractivity contribution in [2.24, 2.45) is 0 Å². The van der Waals surface area contributed by atoms with Gasteiger partial charge in [0.25, 0.3) is 0 Å². The number of ether oxygens (including phenoxy) is 1. The first-order valence-electron chi connectivity index (χ1n) is 5.19. The lowest BCUT2D eigenvalue weighted by atomic mass is 10.2. The van der Waals surface area contributed by atoms with E-state index in [2.05, 4.69) is 4.98 Å². The van der Waals surface area contributed by atoms with E-state index in [-0.39, 0.29) is 5.56 Å². The fourth-order valence-electron chi connectivity index (χ4n) is 1.37. The molecule has 0 amide bonds. The largest absolute Gasteiger partial charge is 0.478 e. The Balaban J connectivity index is 2.21. The lowest BCUT2D eigenvalue weighted by molar-refractivity contribution is 0.0696. The van der Waals surface area contributed by atoms with Crippen LogP contribution in [0.15, 0.2) is 36.5 Å². The van der Waals surface area contributed by atoms with Gasteiger partial charge in [-0.1, -0.05) is 17.7 Å². The second kappa shape index (κ2) is 5.06. The Labute approximate surface area is 109 Å². The molecule has 1 N–H and O–H groups in total.